The molecule has 0 saturated heterocycles. The summed E-state index contributed by atoms with van der Waals surface area (Å²) in [6.45, 7) is 1.94. The second-order valence-electron chi connectivity index (χ2n) is 2.74. The zero-order valence-corrected chi connectivity index (χ0v) is 8.32. The van der Waals surface area contributed by atoms with Crippen LogP contribution in [0.5, 0.6) is 0 Å². The van der Waals surface area contributed by atoms with E-state index >= 15 is 0 Å². The monoisotopic (exact) mass is 214 g/mol. The Morgan fingerprint density at radius 2 is 1.93 bits per heavy atom. The van der Waals surface area contributed by atoms with E-state index < -0.39 is 10.3 Å². The fraction of sp³-hybridized carbons (Fsp3) is 0.125. The fourth-order valence-corrected chi connectivity index (χ4v) is 1.01. The van der Waals surface area contributed by atoms with E-state index in [-0.39, 0.29) is 0 Å². The summed E-state index contributed by atoms with van der Waals surface area (Å²) in [7, 11) is -4.25. The Hall–Kier alpha value is -1.40. The van der Waals surface area contributed by atoms with Gasteiger partial charge in [0.05, 0.1) is 6.21 Å². The number of hydrogen-bond donors (Lipinski definition) is 2. The highest BCUT2D eigenvalue weighted by Crippen LogP contribution is 1.99. The lowest BCUT2D eigenvalue weighted by molar-refractivity contribution is 0.470. The van der Waals surface area contributed by atoms with Crippen LogP contribution in [0.25, 0.3) is 0 Å². The molecule has 5 nitrogen and oxygen atoms in total. The van der Waals surface area contributed by atoms with E-state index in [1.54, 1.807) is 17.0 Å². The molecule has 0 spiro atoms. The number of aryl methyl sites for hydroxylation is 1. The van der Waals surface area contributed by atoms with Crippen LogP contribution in [-0.2, 0) is 10.3 Å². The van der Waals surface area contributed by atoms with Crippen molar-refractivity contribution in [2.45, 2.75) is 6.92 Å². The van der Waals surface area contributed by atoms with Crippen LogP contribution in [-0.4, -0.2) is 19.2 Å². The van der Waals surface area contributed by atoms with Crippen LogP contribution < -0.4 is 4.83 Å². The first-order valence-corrected chi connectivity index (χ1v) is 5.25. The summed E-state index contributed by atoms with van der Waals surface area (Å²) in [6.07, 6.45) is 1.30. The normalized spacial score (nSPS) is 11.9. The van der Waals surface area contributed by atoms with Crippen LogP contribution in [0.15, 0.2) is 29.4 Å². The van der Waals surface area contributed by atoms with Gasteiger partial charge in [0.15, 0.2) is 0 Å². The fourth-order valence-electron chi connectivity index (χ4n) is 0.820. The third-order valence-corrected chi connectivity index (χ3v) is 1.80. The lowest BCUT2D eigenvalue weighted by atomic mass is 10.2. The average Bonchev–Trinajstić information content (AvgIpc) is 2.06. The maximum atomic E-state index is 10.2. The zero-order valence-electron chi connectivity index (χ0n) is 7.51. The standard InChI is InChI=1S/C8H10N2O3S/c1-7-2-4-8(5-3-7)6-9-10-14(11,12)13/h2-6,10H,1H3,(H,11,12,13)/b9-6+. The highest BCUT2D eigenvalue weighted by atomic mass is 32.2. The molecule has 0 aliphatic heterocycles. The van der Waals surface area contributed by atoms with Gasteiger partial charge in [0, 0.05) is 0 Å². The van der Waals surface area contributed by atoms with Crippen LogP contribution in [0.2, 0.25) is 0 Å². The smallest absolute Gasteiger partial charge is 0.268 e. The summed E-state index contributed by atoms with van der Waals surface area (Å²) in [5, 5.41) is 3.33. The third kappa shape index (κ3) is 4.01. The first kappa shape index (κ1) is 10.7. The van der Waals surface area contributed by atoms with E-state index in [0.717, 1.165) is 11.1 Å². The van der Waals surface area contributed by atoms with Gasteiger partial charge in [-0.3, -0.25) is 4.55 Å². The molecule has 0 aliphatic rings. The molecule has 0 aromatic heterocycles. The van der Waals surface area contributed by atoms with Gasteiger partial charge in [0.25, 0.3) is 0 Å². The Morgan fingerprint density at radius 1 is 1.36 bits per heavy atom. The summed E-state index contributed by atoms with van der Waals surface area (Å²) in [5.41, 5.74) is 1.84. The number of nitrogens with one attached hydrogen (secondary N) is 1. The average molecular weight is 214 g/mol. The minimum Gasteiger partial charge on any atom is -0.268 e. The van der Waals surface area contributed by atoms with Gasteiger partial charge in [0.1, 0.15) is 0 Å². The highest BCUT2D eigenvalue weighted by Gasteiger charge is 1.96. The van der Waals surface area contributed by atoms with Crippen molar-refractivity contribution < 1.29 is 13.0 Å². The minimum absolute atomic E-state index is 0.742. The molecule has 0 radical (unpaired) electrons. The quantitative estimate of drug-likeness (QED) is 0.442. The van der Waals surface area contributed by atoms with Gasteiger partial charge < -0.3 is 0 Å². The first-order chi connectivity index (χ1) is 6.47. The lowest BCUT2D eigenvalue weighted by Gasteiger charge is -1.95. The molecule has 6 heteroatoms. The zero-order chi connectivity index (χ0) is 10.6. The Bertz CT molecular complexity index is 422. The number of rotatable bonds is 3. The Balaban J connectivity index is 2.65. The Kier molecular flexibility index (Phi) is 3.21. The highest BCUT2D eigenvalue weighted by molar-refractivity contribution is 7.83. The minimum atomic E-state index is -4.25. The van der Waals surface area contributed by atoms with Gasteiger partial charge in [-0.1, -0.05) is 29.8 Å². The predicted octanol–water partition coefficient (Wildman–Crippen LogP) is 0.721. The largest absolute Gasteiger partial charge is 0.372 e. The molecule has 1 aromatic carbocycles. The van der Waals surface area contributed by atoms with Gasteiger partial charge in [-0.2, -0.15) is 18.4 Å². The van der Waals surface area contributed by atoms with Crippen LogP contribution >= 0.6 is 0 Å². The van der Waals surface area contributed by atoms with E-state index in [1.165, 1.54) is 6.21 Å². The number of hydrazone groups is 1. The predicted molar refractivity (Wildman–Crippen MR) is 53.5 cm³/mol. The van der Waals surface area contributed by atoms with Crippen LogP contribution in [0.1, 0.15) is 11.1 Å². The molecule has 0 bridgehead atoms. The van der Waals surface area contributed by atoms with Gasteiger partial charge in [0.2, 0.25) is 0 Å². The van der Waals surface area contributed by atoms with E-state index in [4.69, 9.17) is 4.55 Å². The van der Waals surface area contributed by atoms with Gasteiger partial charge in [-0.25, -0.2) is 0 Å². The maximum Gasteiger partial charge on any atom is 0.372 e. The molecule has 0 atom stereocenters. The molecule has 14 heavy (non-hydrogen) atoms. The molecule has 0 fully saturated rings. The molecule has 0 saturated carbocycles. The summed E-state index contributed by atoms with van der Waals surface area (Å²) in [6, 6.07) is 7.30. The van der Waals surface area contributed by atoms with Crippen molar-refractivity contribution in [2.75, 3.05) is 0 Å². The van der Waals surface area contributed by atoms with Crippen molar-refractivity contribution in [3.8, 4) is 0 Å². The molecule has 0 aliphatic carbocycles. The second-order valence-corrected chi connectivity index (χ2v) is 3.87. The topological polar surface area (TPSA) is 78.8 Å². The third-order valence-electron chi connectivity index (χ3n) is 1.46. The van der Waals surface area contributed by atoms with Crippen LogP contribution in [0.3, 0.4) is 0 Å². The van der Waals surface area contributed by atoms with E-state index in [1.807, 2.05) is 19.1 Å². The van der Waals surface area contributed by atoms with Crippen molar-refractivity contribution in [3.05, 3.63) is 35.4 Å². The van der Waals surface area contributed by atoms with E-state index in [2.05, 4.69) is 5.10 Å². The first-order valence-electron chi connectivity index (χ1n) is 3.81. The molecule has 2 N–H and O–H groups in total. The van der Waals surface area contributed by atoms with Gasteiger partial charge >= 0.3 is 10.3 Å². The van der Waals surface area contributed by atoms with Crippen molar-refractivity contribution in [1.82, 2.24) is 4.83 Å². The van der Waals surface area contributed by atoms with E-state index in [0.29, 0.717) is 0 Å². The van der Waals surface area contributed by atoms with Gasteiger partial charge in [-0.15, -0.1) is 0 Å². The summed E-state index contributed by atoms with van der Waals surface area (Å²) in [5.74, 6) is 0. The van der Waals surface area contributed by atoms with Crippen molar-refractivity contribution in [3.63, 3.8) is 0 Å². The van der Waals surface area contributed by atoms with Crippen molar-refractivity contribution >= 4 is 16.5 Å². The molecule has 0 unspecified atom stereocenters. The van der Waals surface area contributed by atoms with Crippen molar-refractivity contribution in [1.29, 1.82) is 0 Å². The molecule has 0 heterocycles. The number of hydrogen-bond acceptors (Lipinski definition) is 3. The van der Waals surface area contributed by atoms with Crippen LogP contribution in [0.4, 0.5) is 0 Å². The van der Waals surface area contributed by atoms with Crippen LogP contribution in [0, 0.1) is 6.92 Å². The Morgan fingerprint density at radius 3 is 2.43 bits per heavy atom. The number of nitrogens with zero attached hydrogens (tertiary/aromatic N) is 1. The Labute approximate surface area is 82.3 Å². The number of benzene rings is 1. The molecule has 1 aromatic rings. The van der Waals surface area contributed by atoms with Crippen molar-refractivity contribution in [2.24, 2.45) is 5.10 Å². The second kappa shape index (κ2) is 4.21. The molecular weight excluding hydrogens is 204 g/mol. The molecule has 0 amide bonds. The summed E-state index contributed by atoms with van der Waals surface area (Å²) >= 11 is 0. The van der Waals surface area contributed by atoms with Gasteiger partial charge in [-0.05, 0) is 12.5 Å². The summed E-state index contributed by atoms with van der Waals surface area (Å²) < 4.78 is 28.7. The molecular formula is C8H10N2O3S. The van der Waals surface area contributed by atoms with E-state index in [9.17, 15) is 8.42 Å². The maximum absolute atomic E-state index is 10.2. The SMILES string of the molecule is Cc1ccc(/C=N/NS(=O)(=O)O)cc1. The molecule has 1 rings (SSSR count). The molecule has 76 valence electrons. The lowest BCUT2D eigenvalue weighted by Crippen LogP contribution is -2.16. The summed E-state index contributed by atoms with van der Waals surface area (Å²) in [4.78, 5) is 1.58.